The molecule has 0 aromatic rings. The van der Waals surface area contributed by atoms with E-state index in [9.17, 15) is 13.2 Å². The van der Waals surface area contributed by atoms with Crippen LogP contribution in [0.1, 0.15) is 19.8 Å². The Morgan fingerprint density at radius 3 is 2.57 bits per heavy atom. The summed E-state index contributed by atoms with van der Waals surface area (Å²) < 4.78 is 29.7. The Hall–Kier alpha value is -0.880. The fraction of sp³-hybridized carbons (Fsp3) is 0.625. The van der Waals surface area contributed by atoms with Crippen molar-refractivity contribution in [1.82, 2.24) is 5.32 Å². The van der Waals surface area contributed by atoms with Crippen molar-refractivity contribution in [3.8, 4) is 0 Å². The molecule has 0 aromatic heterocycles. The molecular weight excluding hydrogens is 206 g/mol. The number of hydrogen-bond donors (Lipinski definition) is 2. The van der Waals surface area contributed by atoms with Crippen LogP contribution in [0.15, 0.2) is 12.7 Å². The van der Waals surface area contributed by atoms with Gasteiger partial charge in [0.2, 0.25) is 5.91 Å². The Morgan fingerprint density at radius 2 is 2.21 bits per heavy atom. The van der Waals surface area contributed by atoms with Crippen LogP contribution in [0.5, 0.6) is 0 Å². The van der Waals surface area contributed by atoms with E-state index in [0.717, 1.165) is 12.5 Å². The van der Waals surface area contributed by atoms with Crippen molar-refractivity contribution in [1.29, 1.82) is 0 Å². The second kappa shape index (κ2) is 5.77. The fourth-order valence-corrected chi connectivity index (χ4v) is 1.82. The molecule has 1 atom stereocenters. The lowest BCUT2D eigenvalue weighted by Crippen LogP contribution is -2.38. The van der Waals surface area contributed by atoms with Crippen LogP contribution >= 0.6 is 0 Å². The molecular formula is C8H15NO4S. The first kappa shape index (κ1) is 13.1. The second-order valence-electron chi connectivity index (χ2n) is 2.95. The van der Waals surface area contributed by atoms with Crippen molar-refractivity contribution in [3.05, 3.63) is 12.7 Å². The molecule has 0 rings (SSSR count). The maximum absolute atomic E-state index is 10.9. The van der Waals surface area contributed by atoms with Crippen molar-refractivity contribution in [3.63, 3.8) is 0 Å². The number of hydrogen-bond acceptors (Lipinski definition) is 3. The molecule has 0 aliphatic carbocycles. The molecule has 14 heavy (non-hydrogen) atoms. The molecule has 0 aromatic carbocycles. The van der Waals surface area contributed by atoms with Gasteiger partial charge in [0.1, 0.15) is 0 Å². The summed E-state index contributed by atoms with van der Waals surface area (Å²) >= 11 is 0. The summed E-state index contributed by atoms with van der Waals surface area (Å²) in [7, 11) is -4.05. The Kier molecular flexibility index (Phi) is 5.40. The lowest BCUT2D eigenvalue weighted by atomic mass is 10.2. The molecule has 82 valence electrons. The van der Waals surface area contributed by atoms with Crippen LogP contribution in [0.4, 0.5) is 0 Å². The minimum atomic E-state index is -4.05. The number of carbonyl (C=O) groups is 1. The molecule has 0 saturated heterocycles. The molecule has 1 unspecified atom stereocenters. The van der Waals surface area contributed by atoms with Crippen molar-refractivity contribution in [2.24, 2.45) is 0 Å². The lowest BCUT2D eigenvalue weighted by Gasteiger charge is -2.14. The summed E-state index contributed by atoms with van der Waals surface area (Å²) in [4.78, 5) is 10.9. The van der Waals surface area contributed by atoms with Crippen LogP contribution in [0.2, 0.25) is 0 Å². The minimum Gasteiger partial charge on any atom is -0.349 e. The van der Waals surface area contributed by atoms with E-state index in [1.165, 1.54) is 0 Å². The lowest BCUT2D eigenvalue weighted by molar-refractivity contribution is -0.117. The van der Waals surface area contributed by atoms with E-state index < -0.39 is 27.8 Å². The number of nitrogens with one attached hydrogen (secondary N) is 1. The van der Waals surface area contributed by atoms with E-state index >= 15 is 0 Å². The first-order chi connectivity index (χ1) is 6.39. The van der Waals surface area contributed by atoms with Crippen molar-refractivity contribution in [2.75, 3.05) is 5.75 Å². The second-order valence-corrected chi connectivity index (χ2v) is 4.44. The predicted octanol–water partition coefficient (Wildman–Crippen LogP) is 0.345. The zero-order chi connectivity index (χ0) is 11.2. The Morgan fingerprint density at radius 1 is 1.64 bits per heavy atom. The zero-order valence-electron chi connectivity index (χ0n) is 8.06. The predicted molar refractivity (Wildman–Crippen MR) is 53.5 cm³/mol. The molecule has 5 nitrogen and oxygen atoms in total. The van der Waals surface area contributed by atoms with Gasteiger partial charge >= 0.3 is 0 Å². The fourth-order valence-electron chi connectivity index (χ4n) is 1.06. The Bertz CT molecular complexity index is 296. The van der Waals surface area contributed by atoms with Crippen LogP contribution in [-0.2, 0) is 14.9 Å². The normalized spacial score (nSPS) is 13.3. The maximum Gasteiger partial charge on any atom is 0.266 e. The maximum atomic E-state index is 10.9. The third-order valence-corrected chi connectivity index (χ3v) is 2.40. The van der Waals surface area contributed by atoms with Crippen LogP contribution in [0.3, 0.4) is 0 Å². The van der Waals surface area contributed by atoms with Gasteiger partial charge < -0.3 is 5.32 Å². The first-order valence-corrected chi connectivity index (χ1v) is 5.88. The molecule has 1 amide bonds. The molecule has 0 aliphatic heterocycles. The monoisotopic (exact) mass is 221 g/mol. The van der Waals surface area contributed by atoms with Gasteiger partial charge in [-0.3, -0.25) is 9.35 Å². The van der Waals surface area contributed by atoms with Crippen LogP contribution in [0.25, 0.3) is 0 Å². The minimum absolute atomic E-state index is 0.438. The van der Waals surface area contributed by atoms with Crippen molar-refractivity contribution >= 4 is 16.0 Å². The van der Waals surface area contributed by atoms with E-state index in [4.69, 9.17) is 4.55 Å². The molecule has 0 saturated carbocycles. The van der Waals surface area contributed by atoms with Crippen LogP contribution < -0.4 is 5.32 Å². The third kappa shape index (κ3) is 6.62. The molecule has 0 spiro atoms. The quantitative estimate of drug-likeness (QED) is 0.500. The summed E-state index contributed by atoms with van der Waals surface area (Å²) in [5.74, 6) is -0.896. The highest BCUT2D eigenvalue weighted by molar-refractivity contribution is 7.85. The van der Waals surface area contributed by atoms with Crippen LogP contribution in [-0.4, -0.2) is 30.7 Å². The number of carbonyl (C=O) groups excluding carboxylic acids is 1. The number of amides is 1. The molecule has 0 fully saturated rings. The zero-order valence-corrected chi connectivity index (χ0v) is 8.88. The van der Waals surface area contributed by atoms with Gasteiger partial charge in [-0.2, -0.15) is 8.42 Å². The summed E-state index contributed by atoms with van der Waals surface area (Å²) in [5.41, 5.74) is 0. The standard InChI is InChI=1S/C8H15NO4S/c1-3-5-7(6-14(11,12)13)9-8(10)4-2/h4,7H,2-3,5-6H2,1H3,(H,9,10)(H,11,12,13). The largest absolute Gasteiger partial charge is 0.349 e. The average Bonchev–Trinajstić information content (AvgIpc) is 2.01. The highest BCUT2D eigenvalue weighted by Crippen LogP contribution is 2.00. The van der Waals surface area contributed by atoms with E-state index in [2.05, 4.69) is 11.9 Å². The third-order valence-electron chi connectivity index (χ3n) is 1.58. The highest BCUT2D eigenvalue weighted by Gasteiger charge is 2.16. The Labute approximate surface area is 83.9 Å². The van der Waals surface area contributed by atoms with Crippen molar-refractivity contribution < 1.29 is 17.8 Å². The molecule has 0 aliphatic rings. The van der Waals surface area contributed by atoms with E-state index in [1.54, 1.807) is 0 Å². The molecule has 0 radical (unpaired) electrons. The van der Waals surface area contributed by atoms with Gasteiger partial charge in [0, 0.05) is 6.04 Å². The smallest absolute Gasteiger partial charge is 0.266 e. The van der Waals surface area contributed by atoms with Gasteiger partial charge in [-0.1, -0.05) is 19.9 Å². The van der Waals surface area contributed by atoms with Gasteiger partial charge in [-0.15, -0.1) is 0 Å². The van der Waals surface area contributed by atoms with E-state index in [0.29, 0.717) is 6.42 Å². The van der Waals surface area contributed by atoms with E-state index in [-0.39, 0.29) is 0 Å². The van der Waals surface area contributed by atoms with Gasteiger partial charge in [0.15, 0.2) is 0 Å². The average molecular weight is 221 g/mol. The van der Waals surface area contributed by atoms with Gasteiger partial charge in [0.05, 0.1) is 5.75 Å². The van der Waals surface area contributed by atoms with Crippen molar-refractivity contribution in [2.45, 2.75) is 25.8 Å². The first-order valence-electron chi connectivity index (χ1n) is 4.27. The molecule has 0 heterocycles. The van der Waals surface area contributed by atoms with E-state index in [1.807, 2.05) is 6.92 Å². The SMILES string of the molecule is C=CC(=O)NC(CCC)CS(=O)(=O)O. The molecule has 0 bridgehead atoms. The highest BCUT2D eigenvalue weighted by atomic mass is 32.2. The van der Waals surface area contributed by atoms with Gasteiger partial charge in [-0.25, -0.2) is 0 Å². The van der Waals surface area contributed by atoms with Crippen LogP contribution in [0, 0.1) is 0 Å². The van der Waals surface area contributed by atoms with Gasteiger partial charge in [-0.05, 0) is 12.5 Å². The Balaban J connectivity index is 4.29. The molecule has 6 heteroatoms. The summed E-state index contributed by atoms with van der Waals surface area (Å²) in [6.45, 7) is 5.10. The molecule has 2 N–H and O–H groups in total. The summed E-state index contributed by atoms with van der Waals surface area (Å²) in [6, 6.07) is -0.555. The topological polar surface area (TPSA) is 83.5 Å². The number of rotatable bonds is 6. The summed E-state index contributed by atoms with van der Waals surface area (Å²) in [6.07, 6.45) is 2.28. The summed E-state index contributed by atoms with van der Waals surface area (Å²) in [5, 5.41) is 2.43. The van der Waals surface area contributed by atoms with Gasteiger partial charge in [0.25, 0.3) is 10.1 Å².